The van der Waals surface area contributed by atoms with E-state index in [1.165, 1.54) is 0 Å². The first kappa shape index (κ1) is 18.3. The molecule has 5 heterocycles. The van der Waals surface area contributed by atoms with Gasteiger partial charge in [-0.2, -0.15) is 0 Å². The van der Waals surface area contributed by atoms with Crippen LogP contribution in [0.2, 0.25) is 0 Å². The number of pyridine rings is 2. The first-order valence-corrected chi connectivity index (χ1v) is 10.1. The third kappa shape index (κ3) is 2.35. The zero-order chi connectivity index (χ0) is 21.5. The molecule has 0 saturated carbocycles. The van der Waals surface area contributed by atoms with Crippen LogP contribution in [0.15, 0.2) is 29.1 Å². The van der Waals surface area contributed by atoms with Crippen molar-refractivity contribution in [2.24, 2.45) is 5.73 Å². The minimum absolute atomic E-state index is 0.103. The van der Waals surface area contributed by atoms with Crippen molar-refractivity contribution in [1.29, 1.82) is 0 Å². The summed E-state index contributed by atoms with van der Waals surface area (Å²) in [7, 11) is 0. The summed E-state index contributed by atoms with van der Waals surface area (Å²) in [6.45, 7) is 2.11. The van der Waals surface area contributed by atoms with Gasteiger partial charge in [0.2, 0.25) is 0 Å². The van der Waals surface area contributed by atoms with Gasteiger partial charge in [-0.05, 0) is 24.6 Å². The normalized spacial score (nSPS) is 22.8. The van der Waals surface area contributed by atoms with Gasteiger partial charge >= 0.3 is 5.97 Å². The van der Waals surface area contributed by atoms with Crippen molar-refractivity contribution in [3.8, 4) is 22.9 Å². The van der Waals surface area contributed by atoms with E-state index in [-0.39, 0.29) is 25.1 Å². The first-order chi connectivity index (χ1) is 14.9. The summed E-state index contributed by atoms with van der Waals surface area (Å²) < 4.78 is 18.1. The average molecular weight is 421 g/mol. The van der Waals surface area contributed by atoms with Crippen LogP contribution in [-0.4, -0.2) is 33.5 Å². The number of hydrogen-bond donors (Lipinski definition) is 2. The van der Waals surface area contributed by atoms with Crippen LogP contribution in [0.3, 0.4) is 0 Å². The Morgan fingerprint density at radius 3 is 2.74 bits per heavy atom. The van der Waals surface area contributed by atoms with E-state index in [2.05, 4.69) is 0 Å². The molecule has 6 rings (SSSR count). The molecule has 0 fully saturated rings. The number of nitrogens with two attached hydrogens (primary N) is 1. The summed E-state index contributed by atoms with van der Waals surface area (Å²) in [5.74, 6) is 0.439. The van der Waals surface area contributed by atoms with E-state index >= 15 is 0 Å². The lowest BCUT2D eigenvalue weighted by Crippen LogP contribution is -2.44. The fourth-order valence-corrected chi connectivity index (χ4v) is 4.58. The van der Waals surface area contributed by atoms with Crippen molar-refractivity contribution >= 4 is 16.9 Å². The van der Waals surface area contributed by atoms with E-state index in [9.17, 15) is 14.7 Å². The molecular formula is C22H19N3O6. The molecule has 0 amide bonds. The molecule has 0 saturated heterocycles. The Morgan fingerprint density at radius 1 is 1.23 bits per heavy atom. The van der Waals surface area contributed by atoms with E-state index in [4.69, 9.17) is 24.9 Å². The Labute approximate surface area is 176 Å². The Hall–Kier alpha value is -3.43. The van der Waals surface area contributed by atoms with Gasteiger partial charge < -0.3 is 29.6 Å². The minimum Gasteiger partial charge on any atom is -0.458 e. The fourth-order valence-electron chi connectivity index (χ4n) is 4.58. The third-order valence-corrected chi connectivity index (χ3v) is 6.28. The second-order valence-electron chi connectivity index (χ2n) is 7.99. The molecule has 3 N–H and O–H groups in total. The van der Waals surface area contributed by atoms with Gasteiger partial charge in [-0.15, -0.1) is 0 Å². The van der Waals surface area contributed by atoms with Crippen molar-refractivity contribution in [2.45, 2.75) is 38.4 Å². The third-order valence-electron chi connectivity index (χ3n) is 6.28. The molecule has 1 aromatic carbocycles. The number of hydrogen-bond acceptors (Lipinski definition) is 8. The monoisotopic (exact) mass is 421 g/mol. The molecule has 3 aromatic rings. The Kier molecular flexibility index (Phi) is 3.58. The molecule has 3 aliphatic rings. The molecule has 0 spiro atoms. The predicted molar refractivity (Wildman–Crippen MR) is 109 cm³/mol. The lowest BCUT2D eigenvalue weighted by Gasteiger charge is -2.31. The number of aliphatic hydroxyl groups is 1. The zero-order valence-corrected chi connectivity index (χ0v) is 16.7. The minimum atomic E-state index is -1.84. The topological polar surface area (TPSA) is 126 Å². The van der Waals surface area contributed by atoms with Crippen LogP contribution < -0.4 is 20.8 Å². The van der Waals surface area contributed by atoms with Crippen LogP contribution in [0.5, 0.6) is 11.5 Å². The fraction of sp³-hybridized carbons (Fsp3) is 0.318. The standard InChI is InChI=1S/C22H19N3O6/c1-2-22(28)13-5-15-19-11(8-25(15)20(26)12(13)9-29-21(22)27)3-10-4-16-17(6-14(10)24-19)31-18(7-23)30-16/h3-6,18,28H,2,7-9,23H2,1H3/t18?,22-/m0/s1. The van der Waals surface area contributed by atoms with Crippen LogP contribution in [0.4, 0.5) is 0 Å². The van der Waals surface area contributed by atoms with Gasteiger partial charge in [0, 0.05) is 22.6 Å². The van der Waals surface area contributed by atoms with Crippen LogP contribution in [-0.2, 0) is 28.3 Å². The smallest absolute Gasteiger partial charge is 0.343 e. The number of nitrogens with zero attached hydrogens (tertiary/aromatic N) is 2. The molecule has 0 radical (unpaired) electrons. The molecule has 2 aromatic heterocycles. The highest BCUT2D eigenvalue weighted by molar-refractivity contribution is 5.88. The SMILES string of the molecule is CC[C@@]1(O)C(=O)OCc2c1cc1n(c2=O)Cc2cc3cc4c(cc3nc2-1)OC(CN)O4. The largest absolute Gasteiger partial charge is 0.458 e. The first-order valence-electron chi connectivity index (χ1n) is 10.1. The number of carbonyl (C=O) groups is 1. The number of benzene rings is 1. The Balaban J connectivity index is 1.55. The van der Waals surface area contributed by atoms with Gasteiger partial charge in [-0.1, -0.05) is 6.92 Å². The molecule has 0 bridgehead atoms. The molecule has 1 unspecified atom stereocenters. The van der Waals surface area contributed by atoms with Crippen molar-refractivity contribution in [3.63, 3.8) is 0 Å². The van der Waals surface area contributed by atoms with Crippen molar-refractivity contribution in [1.82, 2.24) is 9.55 Å². The quantitative estimate of drug-likeness (QED) is 0.462. The van der Waals surface area contributed by atoms with E-state index in [0.717, 1.165) is 10.9 Å². The Bertz CT molecular complexity index is 1360. The number of fused-ring (bicyclic) bond motifs is 6. The van der Waals surface area contributed by atoms with E-state index < -0.39 is 17.9 Å². The Morgan fingerprint density at radius 2 is 2.00 bits per heavy atom. The number of aromatic nitrogens is 2. The van der Waals surface area contributed by atoms with Crippen LogP contribution >= 0.6 is 0 Å². The summed E-state index contributed by atoms with van der Waals surface area (Å²) in [6.07, 6.45) is -0.415. The number of rotatable bonds is 2. The van der Waals surface area contributed by atoms with Gasteiger partial charge in [0.25, 0.3) is 11.8 Å². The van der Waals surface area contributed by atoms with Crippen LogP contribution in [0.25, 0.3) is 22.3 Å². The van der Waals surface area contributed by atoms with Gasteiger partial charge in [-0.25, -0.2) is 9.78 Å². The summed E-state index contributed by atoms with van der Waals surface area (Å²) in [6, 6.07) is 7.31. The number of ether oxygens (including phenoxy) is 3. The summed E-state index contributed by atoms with van der Waals surface area (Å²) in [5.41, 5.74) is 6.87. The molecule has 3 aliphatic heterocycles. The predicted octanol–water partition coefficient (Wildman–Crippen LogP) is 1.14. The highest BCUT2D eigenvalue weighted by atomic mass is 16.7. The maximum Gasteiger partial charge on any atom is 0.343 e. The highest BCUT2D eigenvalue weighted by Crippen LogP contribution is 2.41. The lowest BCUT2D eigenvalue weighted by atomic mass is 9.86. The van der Waals surface area contributed by atoms with Crippen molar-refractivity contribution in [3.05, 3.63) is 51.3 Å². The van der Waals surface area contributed by atoms with Crippen molar-refractivity contribution in [2.75, 3.05) is 6.54 Å². The molecule has 9 nitrogen and oxygen atoms in total. The van der Waals surface area contributed by atoms with Crippen molar-refractivity contribution < 1.29 is 24.1 Å². The maximum absolute atomic E-state index is 13.2. The maximum atomic E-state index is 13.2. The average Bonchev–Trinajstić information content (AvgIpc) is 3.34. The second kappa shape index (κ2) is 6.05. The number of esters is 1. The van der Waals surface area contributed by atoms with Gasteiger partial charge in [0.15, 0.2) is 17.1 Å². The summed E-state index contributed by atoms with van der Waals surface area (Å²) in [4.78, 5) is 30.2. The van der Waals surface area contributed by atoms with Gasteiger partial charge in [0.1, 0.15) is 6.61 Å². The van der Waals surface area contributed by atoms with Crippen LogP contribution in [0.1, 0.15) is 30.0 Å². The molecule has 9 heteroatoms. The summed E-state index contributed by atoms with van der Waals surface area (Å²) >= 11 is 0. The van der Waals surface area contributed by atoms with Gasteiger partial charge in [0.05, 0.1) is 35.6 Å². The molecule has 2 atom stereocenters. The molecule has 158 valence electrons. The molecular weight excluding hydrogens is 402 g/mol. The van der Waals surface area contributed by atoms with Gasteiger partial charge in [-0.3, -0.25) is 4.79 Å². The molecule has 0 aliphatic carbocycles. The second-order valence-corrected chi connectivity index (χ2v) is 7.99. The van der Waals surface area contributed by atoms with Crippen LogP contribution in [0, 0.1) is 0 Å². The molecule has 31 heavy (non-hydrogen) atoms. The zero-order valence-electron chi connectivity index (χ0n) is 16.7. The highest BCUT2D eigenvalue weighted by Gasteiger charge is 2.45. The van der Waals surface area contributed by atoms with E-state index in [1.54, 1.807) is 23.6 Å². The summed E-state index contributed by atoms with van der Waals surface area (Å²) in [5, 5.41) is 11.8. The number of carbonyl (C=O) groups excluding carboxylic acids is 1. The van der Waals surface area contributed by atoms with E-state index in [0.29, 0.717) is 46.1 Å². The number of cyclic esters (lactones) is 1. The lowest BCUT2D eigenvalue weighted by molar-refractivity contribution is -0.172. The van der Waals surface area contributed by atoms with E-state index in [1.807, 2.05) is 12.1 Å².